The van der Waals surface area contributed by atoms with Crippen molar-refractivity contribution in [2.24, 2.45) is 4.99 Å². The van der Waals surface area contributed by atoms with Crippen LogP contribution in [0.1, 0.15) is 18.4 Å². The van der Waals surface area contributed by atoms with Crippen molar-refractivity contribution in [1.29, 1.82) is 0 Å². The molecule has 0 bridgehead atoms. The number of fused-ring (bicyclic) bond motifs is 1. The first-order valence-corrected chi connectivity index (χ1v) is 12.3. The molecule has 3 atom stereocenters. The molecule has 32 heavy (non-hydrogen) atoms. The SMILES string of the molecule is O=C(Cc1ccc(Cl)c(Cl)c1)N1CCN(CC2=CC=NC2)[C@@H]2COC[C@H](N3CCCC3)[C@H]21. The molecule has 0 aliphatic carbocycles. The van der Waals surface area contributed by atoms with E-state index in [-0.39, 0.29) is 24.0 Å². The number of halogens is 2. The summed E-state index contributed by atoms with van der Waals surface area (Å²) in [5, 5.41) is 1.01. The molecule has 3 fully saturated rings. The molecule has 3 saturated heterocycles. The fraction of sp³-hybridized carbons (Fsp3) is 0.583. The Morgan fingerprint density at radius 3 is 2.62 bits per heavy atom. The summed E-state index contributed by atoms with van der Waals surface area (Å²) in [7, 11) is 0. The quantitative estimate of drug-likeness (QED) is 0.655. The maximum absolute atomic E-state index is 13.6. The first kappa shape index (κ1) is 22.4. The molecule has 4 aliphatic rings. The molecule has 172 valence electrons. The van der Waals surface area contributed by atoms with Gasteiger partial charge in [0, 0.05) is 25.8 Å². The Hall–Kier alpha value is -1.44. The zero-order chi connectivity index (χ0) is 22.1. The summed E-state index contributed by atoms with van der Waals surface area (Å²) in [6, 6.07) is 6.05. The summed E-state index contributed by atoms with van der Waals surface area (Å²) in [6.07, 6.45) is 6.80. The summed E-state index contributed by atoms with van der Waals surface area (Å²) < 4.78 is 6.13. The maximum atomic E-state index is 13.6. The molecule has 0 spiro atoms. The van der Waals surface area contributed by atoms with Crippen LogP contribution in [0.3, 0.4) is 0 Å². The molecule has 0 N–H and O–H groups in total. The highest BCUT2D eigenvalue weighted by atomic mass is 35.5. The minimum atomic E-state index is 0.133. The van der Waals surface area contributed by atoms with Gasteiger partial charge in [-0.05, 0) is 55.3 Å². The smallest absolute Gasteiger partial charge is 0.227 e. The van der Waals surface area contributed by atoms with Gasteiger partial charge in [-0.1, -0.05) is 29.3 Å². The van der Waals surface area contributed by atoms with Crippen molar-refractivity contribution in [2.45, 2.75) is 37.4 Å². The van der Waals surface area contributed by atoms with Gasteiger partial charge in [-0.15, -0.1) is 0 Å². The number of carbonyl (C=O) groups excluding carboxylic acids is 1. The highest BCUT2D eigenvalue weighted by molar-refractivity contribution is 6.42. The molecular formula is C24H30Cl2N4O2. The van der Waals surface area contributed by atoms with Crippen LogP contribution in [0.2, 0.25) is 10.0 Å². The van der Waals surface area contributed by atoms with Crippen LogP contribution in [0.5, 0.6) is 0 Å². The minimum Gasteiger partial charge on any atom is -0.378 e. The van der Waals surface area contributed by atoms with Crippen molar-refractivity contribution in [2.75, 3.05) is 52.5 Å². The van der Waals surface area contributed by atoms with Gasteiger partial charge in [0.05, 0.1) is 54.4 Å². The van der Waals surface area contributed by atoms with E-state index in [0.29, 0.717) is 29.7 Å². The summed E-state index contributed by atoms with van der Waals surface area (Å²) in [5.41, 5.74) is 2.24. The fourth-order valence-electron chi connectivity index (χ4n) is 5.60. The topological polar surface area (TPSA) is 48.4 Å². The highest BCUT2D eigenvalue weighted by Crippen LogP contribution is 2.31. The number of allylic oxidation sites excluding steroid dienone is 1. The number of carbonyl (C=O) groups is 1. The molecule has 0 saturated carbocycles. The largest absolute Gasteiger partial charge is 0.378 e. The third-order valence-corrected chi connectivity index (χ3v) is 7.95. The van der Waals surface area contributed by atoms with Crippen molar-refractivity contribution < 1.29 is 9.53 Å². The highest BCUT2D eigenvalue weighted by Gasteiger charge is 2.47. The lowest BCUT2D eigenvalue weighted by Crippen LogP contribution is -2.71. The lowest BCUT2D eigenvalue weighted by Gasteiger charge is -2.54. The Morgan fingerprint density at radius 1 is 1.06 bits per heavy atom. The van der Waals surface area contributed by atoms with Gasteiger partial charge >= 0.3 is 0 Å². The van der Waals surface area contributed by atoms with Gasteiger partial charge in [0.25, 0.3) is 0 Å². The molecule has 5 rings (SSSR count). The minimum absolute atomic E-state index is 0.133. The van der Waals surface area contributed by atoms with Gasteiger partial charge in [0.2, 0.25) is 5.91 Å². The number of benzene rings is 1. The van der Waals surface area contributed by atoms with E-state index in [1.165, 1.54) is 18.4 Å². The third kappa shape index (κ3) is 4.62. The Labute approximate surface area is 199 Å². The number of amides is 1. The van der Waals surface area contributed by atoms with Crippen molar-refractivity contribution in [3.8, 4) is 0 Å². The number of aliphatic imine (C=N–C) groups is 1. The molecule has 1 amide bonds. The number of nitrogens with zero attached hydrogens (tertiary/aromatic N) is 4. The van der Waals surface area contributed by atoms with Gasteiger partial charge in [0.1, 0.15) is 0 Å². The number of piperazine rings is 1. The van der Waals surface area contributed by atoms with Crippen LogP contribution >= 0.6 is 23.2 Å². The van der Waals surface area contributed by atoms with E-state index in [0.717, 1.165) is 44.8 Å². The normalized spacial score (nSPS) is 28.8. The first-order chi connectivity index (χ1) is 15.6. The average molecular weight is 477 g/mol. The Balaban J connectivity index is 1.38. The molecule has 0 aromatic heterocycles. The van der Waals surface area contributed by atoms with Gasteiger partial charge in [-0.25, -0.2) is 0 Å². The standard InChI is InChI=1S/C24H30Cl2N4O2/c25-19-4-3-17(11-20(19)26)12-23(31)30-10-9-29(14-18-5-6-27-13-18)22-16-32-15-21(24(22)30)28-7-1-2-8-28/h3-6,11,21-22,24H,1-2,7-10,12-16H2/t21-,22+,24+/m0/s1. The van der Waals surface area contributed by atoms with Crippen molar-refractivity contribution in [1.82, 2.24) is 14.7 Å². The second kappa shape index (κ2) is 9.82. The monoisotopic (exact) mass is 476 g/mol. The lowest BCUT2D eigenvalue weighted by atomic mass is 9.90. The predicted octanol–water partition coefficient (Wildman–Crippen LogP) is 2.92. The van der Waals surface area contributed by atoms with Gasteiger partial charge in [0.15, 0.2) is 0 Å². The molecule has 0 radical (unpaired) electrons. The van der Waals surface area contributed by atoms with E-state index in [9.17, 15) is 4.79 Å². The van der Waals surface area contributed by atoms with E-state index in [4.69, 9.17) is 27.9 Å². The molecule has 0 unspecified atom stereocenters. The van der Waals surface area contributed by atoms with Crippen molar-refractivity contribution >= 4 is 35.3 Å². The molecule has 8 heteroatoms. The van der Waals surface area contributed by atoms with Gasteiger partial charge < -0.3 is 9.64 Å². The Kier molecular flexibility index (Phi) is 6.86. The summed E-state index contributed by atoms with van der Waals surface area (Å²) >= 11 is 12.3. The number of hydrogen-bond donors (Lipinski definition) is 0. The zero-order valence-electron chi connectivity index (χ0n) is 18.3. The van der Waals surface area contributed by atoms with Gasteiger partial charge in [-0.3, -0.25) is 19.6 Å². The number of likely N-dealkylation sites (tertiary alicyclic amines) is 1. The van der Waals surface area contributed by atoms with Crippen LogP contribution in [0, 0.1) is 0 Å². The Morgan fingerprint density at radius 2 is 1.88 bits per heavy atom. The predicted molar refractivity (Wildman–Crippen MR) is 128 cm³/mol. The third-order valence-electron chi connectivity index (χ3n) is 7.21. The van der Waals surface area contributed by atoms with Crippen LogP contribution < -0.4 is 0 Å². The second-order valence-corrected chi connectivity index (χ2v) is 10.0. The van der Waals surface area contributed by atoms with Crippen LogP contribution in [0.25, 0.3) is 0 Å². The van der Waals surface area contributed by atoms with Crippen LogP contribution in [-0.4, -0.2) is 97.4 Å². The maximum Gasteiger partial charge on any atom is 0.227 e. The summed E-state index contributed by atoms with van der Waals surface area (Å²) in [6.45, 7) is 6.80. The fourth-order valence-corrected chi connectivity index (χ4v) is 5.92. The van der Waals surface area contributed by atoms with Gasteiger partial charge in [-0.2, -0.15) is 0 Å². The summed E-state index contributed by atoms with van der Waals surface area (Å²) in [4.78, 5) is 25.1. The second-order valence-electron chi connectivity index (χ2n) is 9.20. The Bertz CT molecular complexity index is 915. The zero-order valence-corrected chi connectivity index (χ0v) is 19.8. The number of ether oxygens (including phenoxy) is 1. The van der Waals surface area contributed by atoms with Crippen LogP contribution in [-0.2, 0) is 16.0 Å². The molecule has 4 heterocycles. The molecule has 4 aliphatic heterocycles. The average Bonchev–Trinajstić information content (AvgIpc) is 3.50. The van der Waals surface area contributed by atoms with E-state index in [1.54, 1.807) is 6.07 Å². The van der Waals surface area contributed by atoms with E-state index >= 15 is 0 Å². The molecule has 1 aromatic carbocycles. The molecule has 1 aromatic rings. The molecule has 6 nitrogen and oxygen atoms in total. The lowest BCUT2D eigenvalue weighted by molar-refractivity contribution is -0.151. The van der Waals surface area contributed by atoms with E-state index < -0.39 is 0 Å². The summed E-state index contributed by atoms with van der Waals surface area (Å²) in [5.74, 6) is 0.160. The number of rotatable bonds is 5. The first-order valence-electron chi connectivity index (χ1n) is 11.6. The number of hydrogen-bond acceptors (Lipinski definition) is 5. The van der Waals surface area contributed by atoms with E-state index in [2.05, 4.69) is 25.8 Å². The van der Waals surface area contributed by atoms with Crippen LogP contribution in [0.15, 0.2) is 34.8 Å². The van der Waals surface area contributed by atoms with Crippen molar-refractivity contribution in [3.63, 3.8) is 0 Å². The van der Waals surface area contributed by atoms with Crippen molar-refractivity contribution in [3.05, 3.63) is 45.5 Å². The molecular weight excluding hydrogens is 447 g/mol. The van der Waals surface area contributed by atoms with E-state index in [1.807, 2.05) is 18.3 Å². The van der Waals surface area contributed by atoms with Crippen LogP contribution in [0.4, 0.5) is 0 Å².